The predicted molar refractivity (Wildman–Crippen MR) is 65.3 cm³/mol. The van der Waals surface area contributed by atoms with Gasteiger partial charge in [0.15, 0.2) is 0 Å². The molecule has 0 saturated heterocycles. The van der Waals surface area contributed by atoms with Crippen LogP contribution in [0.25, 0.3) is 0 Å². The molecule has 0 radical (unpaired) electrons. The van der Waals surface area contributed by atoms with Crippen LogP contribution in [0.4, 0.5) is 5.69 Å². The molecule has 2 nitrogen and oxygen atoms in total. The molecule has 1 rings (SSSR count). The molecule has 0 spiro atoms. The van der Waals surface area contributed by atoms with E-state index in [1.54, 1.807) is 0 Å². The van der Waals surface area contributed by atoms with Crippen LogP contribution in [-0.4, -0.2) is 11.8 Å². The van der Waals surface area contributed by atoms with Gasteiger partial charge in [0.25, 0.3) is 0 Å². The SMILES string of the molecule is CCC(N)CSCc1cccc(N)c1. The van der Waals surface area contributed by atoms with E-state index in [4.69, 9.17) is 11.5 Å². The number of anilines is 1. The van der Waals surface area contributed by atoms with E-state index in [2.05, 4.69) is 13.0 Å². The van der Waals surface area contributed by atoms with Gasteiger partial charge in [-0.25, -0.2) is 0 Å². The average molecular weight is 210 g/mol. The number of nitrogen functional groups attached to an aromatic ring is 1. The van der Waals surface area contributed by atoms with Gasteiger partial charge in [-0.15, -0.1) is 0 Å². The van der Waals surface area contributed by atoms with Crippen molar-refractivity contribution in [2.45, 2.75) is 25.1 Å². The molecule has 1 aromatic carbocycles. The fourth-order valence-electron chi connectivity index (χ4n) is 1.13. The fraction of sp³-hybridized carbons (Fsp3) is 0.455. The standard InChI is InChI=1S/C11H18N2S/c1-2-10(12)8-14-7-9-4-3-5-11(13)6-9/h3-6,10H,2,7-8,12-13H2,1H3. The normalized spacial score (nSPS) is 12.7. The quantitative estimate of drug-likeness (QED) is 0.733. The maximum atomic E-state index is 5.82. The lowest BCUT2D eigenvalue weighted by Gasteiger charge is -2.08. The minimum atomic E-state index is 0.320. The van der Waals surface area contributed by atoms with Gasteiger partial charge in [-0.2, -0.15) is 11.8 Å². The van der Waals surface area contributed by atoms with E-state index >= 15 is 0 Å². The van der Waals surface area contributed by atoms with E-state index in [-0.39, 0.29) is 0 Å². The molecule has 1 atom stereocenters. The lowest BCUT2D eigenvalue weighted by atomic mass is 10.2. The van der Waals surface area contributed by atoms with Gasteiger partial charge in [0.2, 0.25) is 0 Å². The van der Waals surface area contributed by atoms with Crippen LogP contribution in [-0.2, 0) is 5.75 Å². The number of nitrogens with two attached hydrogens (primary N) is 2. The molecule has 3 heteroatoms. The first-order valence-corrected chi connectivity index (χ1v) is 6.05. The van der Waals surface area contributed by atoms with Gasteiger partial charge in [-0.3, -0.25) is 0 Å². The number of thioether (sulfide) groups is 1. The van der Waals surface area contributed by atoms with E-state index in [0.717, 1.165) is 23.6 Å². The Morgan fingerprint density at radius 3 is 2.86 bits per heavy atom. The summed E-state index contributed by atoms with van der Waals surface area (Å²) >= 11 is 1.87. The third-order valence-corrected chi connectivity index (χ3v) is 3.28. The van der Waals surface area contributed by atoms with Gasteiger partial charge in [-0.1, -0.05) is 19.1 Å². The summed E-state index contributed by atoms with van der Waals surface area (Å²) in [5, 5.41) is 0. The maximum absolute atomic E-state index is 5.82. The molecule has 0 saturated carbocycles. The Hall–Kier alpha value is -0.670. The van der Waals surface area contributed by atoms with Crippen LogP contribution < -0.4 is 11.5 Å². The summed E-state index contributed by atoms with van der Waals surface area (Å²) in [4.78, 5) is 0. The lowest BCUT2D eigenvalue weighted by molar-refractivity contribution is 0.725. The van der Waals surface area contributed by atoms with Crippen molar-refractivity contribution in [3.63, 3.8) is 0 Å². The molecule has 1 unspecified atom stereocenters. The van der Waals surface area contributed by atoms with Crippen molar-refractivity contribution in [3.05, 3.63) is 29.8 Å². The zero-order valence-corrected chi connectivity index (χ0v) is 9.39. The number of hydrogen-bond acceptors (Lipinski definition) is 3. The molecule has 14 heavy (non-hydrogen) atoms. The number of hydrogen-bond donors (Lipinski definition) is 2. The van der Waals surface area contributed by atoms with Gasteiger partial charge in [-0.05, 0) is 24.1 Å². The Kier molecular flexibility index (Phi) is 4.84. The van der Waals surface area contributed by atoms with Crippen LogP contribution in [0.1, 0.15) is 18.9 Å². The summed E-state index contributed by atoms with van der Waals surface area (Å²) in [7, 11) is 0. The molecule has 78 valence electrons. The third-order valence-electron chi connectivity index (χ3n) is 2.08. The molecule has 4 N–H and O–H groups in total. The largest absolute Gasteiger partial charge is 0.399 e. The second-order valence-electron chi connectivity index (χ2n) is 3.43. The van der Waals surface area contributed by atoms with E-state index in [0.29, 0.717) is 6.04 Å². The zero-order valence-electron chi connectivity index (χ0n) is 8.57. The van der Waals surface area contributed by atoms with E-state index in [9.17, 15) is 0 Å². The number of rotatable bonds is 5. The van der Waals surface area contributed by atoms with Crippen LogP contribution in [0.3, 0.4) is 0 Å². The predicted octanol–water partition coefficient (Wildman–Crippen LogP) is 2.24. The highest BCUT2D eigenvalue weighted by Crippen LogP contribution is 2.15. The Bertz CT molecular complexity index is 276. The molecular formula is C11H18N2S. The molecule has 0 bridgehead atoms. The minimum Gasteiger partial charge on any atom is -0.399 e. The van der Waals surface area contributed by atoms with Crippen molar-refractivity contribution < 1.29 is 0 Å². The molecular weight excluding hydrogens is 192 g/mol. The van der Waals surface area contributed by atoms with E-state index in [1.807, 2.05) is 30.0 Å². The summed E-state index contributed by atoms with van der Waals surface area (Å²) < 4.78 is 0. The average Bonchev–Trinajstić information content (AvgIpc) is 2.17. The van der Waals surface area contributed by atoms with Crippen LogP contribution >= 0.6 is 11.8 Å². The Morgan fingerprint density at radius 2 is 2.21 bits per heavy atom. The van der Waals surface area contributed by atoms with Crippen molar-refractivity contribution in [2.75, 3.05) is 11.5 Å². The second kappa shape index (κ2) is 5.94. The van der Waals surface area contributed by atoms with Gasteiger partial charge < -0.3 is 11.5 Å². The monoisotopic (exact) mass is 210 g/mol. The summed E-state index contributed by atoms with van der Waals surface area (Å²) in [5.74, 6) is 2.02. The van der Waals surface area contributed by atoms with Crippen molar-refractivity contribution in [2.24, 2.45) is 5.73 Å². The van der Waals surface area contributed by atoms with Gasteiger partial charge >= 0.3 is 0 Å². The first-order chi connectivity index (χ1) is 6.72. The molecule has 0 aliphatic carbocycles. The molecule has 0 amide bonds. The van der Waals surface area contributed by atoms with Crippen LogP contribution in [0.5, 0.6) is 0 Å². The van der Waals surface area contributed by atoms with E-state index in [1.165, 1.54) is 5.56 Å². The van der Waals surface area contributed by atoms with Crippen molar-refractivity contribution in [1.82, 2.24) is 0 Å². The molecule has 0 aliphatic rings. The number of benzene rings is 1. The Labute approximate surface area is 90.1 Å². The fourth-order valence-corrected chi connectivity index (χ4v) is 2.20. The van der Waals surface area contributed by atoms with Gasteiger partial charge in [0.05, 0.1) is 0 Å². The molecule has 0 aliphatic heterocycles. The summed E-state index contributed by atoms with van der Waals surface area (Å²) in [6.45, 7) is 2.12. The van der Waals surface area contributed by atoms with Crippen LogP contribution in [0, 0.1) is 0 Å². The van der Waals surface area contributed by atoms with Crippen LogP contribution in [0.2, 0.25) is 0 Å². The Morgan fingerprint density at radius 1 is 1.43 bits per heavy atom. The second-order valence-corrected chi connectivity index (χ2v) is 4.46. The van der Waals surface area contributed by atoms with Crippen molar-refractivity contribution >= 4 is 17.4 Å². The summed E-state index contributed by atoms with van der Waals surface area (Å²) in [6, 6.07) is 8.34. The van der Waals surface area contributed by atoms with Crippen molar-refractivity contribution in [1.29, 1.82) is 0 Å². The first-order valence-electron chi connectivity index (χ1n) is 4.90. The lowest BCUT2D eigenvalue weighted by Crippen LogP contribution is -2.21. The minimum absolute atomic E-state index is 0.320. The van der Waals surface area contributed by atoms with Crippen molar-refractivity contribution in [3.8, 4) is 0 Å². The van der Waals surface area contributed by atoms with E-state index < -0.39 is 0 Å². The molecule has 0 aromatic heterocycles. The van der Waals surface area contributed by atoms with Crippen LogP contribution in [0.15, 0.2) is 24.3 Å². The van der Waals surface area contributed by atoms with Gasteiger partial charge in [0.1, 0.15) is 0 Å². The topological polar surface area (TPSA) is 52.0 Å². The molecule has 0 heterocycles. The first kappa shape index (κ1) is 11.4. The molecule has 1 aromatic rings. The zero-order chi connectivity index (χ0) is 10.4. The smallest absolute Gasteiger partial charge is 0.0317 e. The highest BCUT2D eigenvalue weighted by atomic mass is 32.2. The highest BCUT2D eigenvalue weighted by molar-refractivity contribution is 7.98. The maximum Gasteiger partial charge on any atom is 0.0317 e. The third kappa shape index (κ3) is 4.03. The highest BCUT2D eigenvalue weighted by Gasteiger charge is 1.99. The molecule has 0 fully saturated rings. The Balaban J connectivity index is 2.31. The summed E-state index contributed by atoms with van der Waals surface area (Å²) in [6.07, 6.45) is 1.05. The van der Waals surface area contributed by atoms with Gasteiger partial charge in [0, 0.05) is 23.2 Å². The summed E-state index contributed by atoms with van der Waals surface area (Å²) in [5.41, 5.74) is 13.6.